The van der Waals surface area contributed by atoms with Crippen molar-refractivity contribution in [2.45, 2.75) is 46.1 Å². The topological polar surface area (TPSA) is 160 Å². The average molecular weight is 608 g/mol. The van der Waals surface area contributed by atoms with Crippen molar-refractivity contribution in [2.24, 2.45) is 0 Å². The molecule has 4 N–H and O–H groups in total. The van der Waals surface area contributed by atoms with Gasteiger partial charge in [-0.2, -0.15) is 5.10 Å². The van der Waals surface area contributed by atoms with Crippen molar-refractivity contribution >= 4 is 46.0 Å². The van der Waals surface area contributed by atoms with Gasteiger partial charge in [0, 0.05) is 38.1 Å². The third-order valence-corrected chi connectivity index (χ3v) is 7.53. The third-order valence-electron chi connectivity index (χ3n) is 6.66. The van der Waals surface area contributed by atoms with E-state index in [0.717, 1.165) is 23.7 Å². The summed E-state index contributed by atoms with van der Waals surface area (Å²) in [6.45, 7) is 6.96. The number of anilines is 1. The van der Waals surface area contributed by atoms with E-state index in [1.165, 1.54) is 16.9 Å². The van der Waals surface area contributed by atoms with Gasteiger partial charge >= 0.3 is 5.97 Å². The number of aryl methyl sites for hydroxylation is 3. The number of carbonyl (C=O) groups excluding carboxylic acids is 3. The lowest BCUT2D eigenvalue weighted by molar-refractivity contribution is -0.146. The minimum Gasteiger partial charge on any atom is -0.464 e. The number of nitrogens with zero attached hydrogens (tertiary/aromatic N) is 3. The lowest BCUT2D eigenvalue weighted by Crippen LogP contribution is -2.49. The molecule has 0 saturated heterocycles. The number of carbonyl (C=O) groups is 3. The number of H-pyrrole nitrogens is 1. The van der Waals surface area contributed by atoms with E-state index in [2.05, 4.69) is 42.2 Å². The van der Waals surface area contributed by atoms with Crippen molar-refractivity contribution in [1.29, 1.82) is 0 Å². The van der Waals surface area contributed by atoms with E-state index in [9.17, 15) is 14.4 Å². The van der Waals surface area contributed by atoms with Crippen LogP contribution in [-0.4, -0.2) is 76.9 Å². The van der Waals surface area contributed by atoms with Gasteiger partial charge in [0.1, 0.15) is 6.04 Å². The highest BCUT2D eigenvalue weighted by molar-refractivity contribution is 7.12. The fourth-order valence-corrected chi connectivity index (χ4v) is 5.18. The van der Waals surface area contributed by atoms with Gasteiger partial charge in [0.25, 0.3) is 11.8 Å². The summed E-state index contributed by atoms with van der Waals surface area (Å²) in [7, 11) is 0. The van der Waals surface area contributed by atoms with Crippen LogP contribution in [0.4, 0.5) is 5.95 Å². The first-order chi connectivity index (χ1) is 20.9. The van der Waals surface area contributed by atoms with Gasteiger partial charge in [-0.3, -0.25) is 14.7 Å². The van der Waals surface area contributed by atoms with Crippen LogP contribution in [0.25, 0.3) is 10.9 Å². The molecule has 0 saturated carbocycles. The highest BCUT2D eigenvalue weighted by Crippen LogP contribution is 2.18. The second-order valence-corrected chi connectivity index (χ2v) is 10.8. The Balaban J connectivity index is 1.36. The number of benzene rings is 1. The third kappa shape index (κ3) is 8.82. The van der Waals surface area contributed by atoms with Gasteiger partial charge < -0.3 is 25.4 Å². The van der Waals surface area contributed by atoms with Crippen LogP contribution in [-0.2, 0) is 20.7 Å². The first kappa shape index (κ1) is 31.6. The van der Waals surface area contributed by atoms with Crippen molar-refractivity contribution in [3.05, 3.63) is 69.3 Å². The Kier molecular flexibility index (Phi) is 11.6. The van der Waals surface area contributed by atoms with E-state index in [1.54, 1.807) is 31.4 Å². The Morgan fingerprint density at radius 3 is 2.58 bits per heavy atom. The Bertz CT molecular complexity index is 1500. The summed E-state index contributed by atoms with van der Waals surface area (Å²) in [6.07, 6.45) is 4.05. The fraction of sp³-hybridized carbons (Fsp3) is 0.400. The number of thiophene rings is 1. The van der Waals surface area contributed by atoms with E-state index < -0.39 is 17.9 Å². The van der Waals surface area contributed by atoms with Gasteiger partial charge in [0.05, 0.1) is 40.1 Å². The maximum atomic E-state index is 13.3. The molecule has 228 valence electrons. The number of amides is 2. The number of esters is 1. The van der Waals surface area contributed by atoms with Gasteiger partial charge in [-0.05, 0) is 56.7 Å². The fourth-order valence-electron chi connectivity index (χ4n) is 4.54. The molecule has 4 rings (SSSR count). The minimum absolute atomic E-state index is 0.128. The van der Waals surface area contributed by atoms with E-state index >= 15 is 0 Å². The lowest BCUT2D eigenvalue weighted by Gasteiger charge is -2.19. The molecule has 0 spiro atoms. The monoisotopic (exact) mass is 607 g/mol. The molecule has 4 aromatic rings. The summed E-state index contributed by atoms with van der Waals surface area (Å²) in [5, 5.41) is 18.6. The van der Waals surface area contributed by atoms with Crippen molar-refractivity contribution in [1.82, 2.24) is 30.8 Å². The summed E-state index contributed by atoms with van der Waals surface area (Å²) in [5.74, 6) is -1.11. The van der Waals surface area contributed by atoms with Gasteiger partial charge in [-0.15, -0.1) is 11.3 Å². The molecule has 1 aromatic carbocycles. The molecule has 0 aliphatic rings. The van der Waals surface area contributed by atoms with Crippen LogP contribution < -0.4 is 16.0 Å². The minimum atomic E-state index is -1.11. The molecule has 12 nitrogen and oxygen atoms in total. The van der Waals surface area contributed by atoms with Crippen LogP contribution in [0.15, 0.2) is 41.9 Å². The molecule has 0 unspecified atom stereocenters. The standard InChI is InChI=1S/C30H37N7O5S/c1-4-41-14-8-15-42-29(40)24(18-32-27(38)25-12-7-16-43-25)36-28(39)26-19(2)34-30(35-20(26)3)31-13-6-10-21-9-5-11-23-22(21)17-33-37-23/h5,7,9,11-12,16-17,24H,4,6,8,10,13-15,18H2,1-3H3,(H,32,38)(H,33,37)(H,36,39)(H,31,34,35)/t24-/m0/s1. The van der Waals surface area contributed by atoms with Crippen LogP contribution in [0.5, 0.6) is 0 Å². The number of rotatable bonds is 16. The Hall–Kier alpha value is -4.36. The molecule has 3 heterocycles. The zero-order chi connectivity index (χ0) is 30.6. The molecule has 43 heavy (non-hydrogen) atoms. The molecule has 3 aromatic heterocycles. The number of aromatic amines is 1. The smallest absolute Gasteiger partial charge is 0.330 e. The predicted octanol–water partition coefficient (Wildman–Crippen LogP) is 3.57. The van der Waals surface area contributed by atoms with Crippen LogP contribution in [0.2, 0.25) is 0 Å². The highest BCUT2D eigenvalue weighted by atomic mass is 32.1. The molecule has 0 radical (unpaired) electrons. The Morgan fingerprint density at radius 1 is 1.02 bits per heavy atom. The van der Waals surface area contributed by atoms with E-state index in [1.807, 2.05) is 25.3 Å². The molecule has 0 aliphatic heterocycles. The zero-order valence-corrected chi connectivity index (χ0v) is 25.4. The van der Waals surface area contributed by atoms with Gasteiger partial charge in [0.15, 0.2) is 0 Å². The normalized spacial score (nSPS) is 11.7. The number of nitrogens with one attached hydrogen (secondary N) is 4. The molecule has 0 aliphatic carbocycles. The van der Waals surface area contributed by atoms with Crippen LogP contribution in [0.3, 0.4) is 0 Å². The highest BCUT2D eigenvalue weighted by Gasteiger charge is 2.26. The summed E-state index contributed by atoms with van der Waals surface area (Å²) in [6, 6.07) is 8.43. The maximum absolute atomic E-state index is 13.3. The van der Waals surface area contributed by atoms with Crippen LogP contribution in [0, 0.1) is 13.8 Å². The number of fused-ring (bicyclic) bond motifs is 1. The molecule has 0 bridgehead atoms. The predicted molar refractivity (Wildman–Crippen MR) is 164 cm³/mol. The first-order valence-corrected chi connectivity index (χ1v) is 15.1. The molecular formula is C30H37N7O5S. The Labute approximate surface area is 254 Å². The largest absolute Gasteiger partial charge is 0.464 e. The average Bonchev–Trinajstić information content (AvgIpc) is 3.70. The number of ether oxygens (including phenoxy) is 2. The zero-order valence-electron chi connectivity index (χ0n) is 24.6. The van der Waals surface area contributed by atoms with Crippen molar-refractivity contribution in [3.63, 3.8) is 0 Å². The molecule has 2 amide bonds. The van der Waals surface area contributed by atoms with Crippen molar-refractivity contribution in [3.8, 4) is 0 Å². The number of hydrogen-bond acceptors (Lipinski definition) is 10. The van der Waals surface area contributed by atoms with E-state index in [0.29, 0.717) is 48.4 Å². The van der Waals surface area contributed by atoms with E-state index in [4.69, 9.17) is 9.47 Å². The molecular weight excluding hydrogens is 570 g/mol. The van der Waals surface area contributed by atoms with Crippen molar-refractivity contribution in [2.75, 3.05) is 38.2 Å². The second-order valence-electron chi connectivity index (χ2n) is 9.80. The van der Waals surface area contributed by atoms with E-state index in [-0.39, 0.29) is 24.6 Å². The molecule has 0 fully saturated rings. The number of aromatic nitrogens is 4. The van der Waals surface area contributed by atoms with Gasteiger partial charge in [-0.25, -0.2) is 14.8 Å². The second kappa shape index (κ2) is 15.8. The Morgan fingerprint density at radius 2 is 1.84 bits per heavy atom. The lowest BCUT2D eigenvalue weighted by atomic mass is 10.1. The SMILES string of the molecule is CCOCCCOC(=O)[C@H](CNC(=O)c1cccs1)NC(=O)c1c(C)nc(NCCCc2cccc3[nH]ncc23)nc1C. The summed E-state index contributed by atoms with van der Waals surface area (Å²) >= 11 is 1.28. The van der Waals surface area contributed by atoms with Crippen molar-refractivity contribution < 1.29 is 23.9 Å². The summed E-state index contributed by atoms with van der Waals surface area (Å²) < 4.78 is 10.6. The van der Waals surface area contributed by atoms with Crippen LogP contribution in [0.1, 0.15) is 56.7 Å². The van der Waals surface area contributed by atoms with Gasteiger partial charge in [-0.1, -0.05) is 18.2 Å². The number of hydrogen-bond donors (Lipinski definition) is 4. The first-order valence-electron chi connectivity index (χ1n) is 14.2. The summed E-state index contributed by atoms with van der Waals surface area (Å²) in [5.41, 5.74) is 3.40. The van der Waals surface area contributed by atoms with Crippen LogP contribution >= 0.6 is 11.3 Å². The molecule has 13 heteroatoms. The maximum Gasteiger partial charge on any atom is 0.330 e. The summed E-state index contributed by atoms with van der Waals surface area (Å²) in [4.78, 5) is 48.2. The quantitative estimate of drug-likeness (QED) is 0.110. The molecule has 1 atom stereocenters. The van der Waals surface area contributed by atoms with Gasteiger partial charge in [0.2, 0.25) is 5.95 Å².